The van der Waals surface area contributed by atoms with Crippen LogP contribution in [0.25, 0.3) is 12.2 Å². The van der Waals surface area contributed by atoms with E-state index in [0.29, 0.717) is 25.8 Å². The second-order valence-corrected chi connectivity index (χ2v) is 6.45. The Bertz CT molecular complexity index is 826. The Morgan fingerprint density at radius 1 is 0.923 bits per heavy atom. The third kappa shape index (κ3) is 4.20. The van der Waals surface area contributed by atoms with Crippen LogP contribution in [0.3, 0.4) is 0 Å². The molecule has 0 unspecified atom stereocenters. The maximum atomic E-state index is 13.0. The first-order valence-electron chi connectivity index (χ1n) is 9.05. The summed E-state index contributed by atoms with van der Waals surface area (Å²) in [5, 5.41) is 2.61. The lowest BCUT2D eigenvalue weighted by molar-refractivity contribution is -0.121. The summed E-state index contributed by atoms with van der Waals surface area (Å²) in [6.07, 6.45) is 6.52. The molecule has 0 radical (unpaired) electrons. The van der Waals surface area contributed by atoms with Gasteiger partial charge in [-0.3, -0.25) is 9.59 Å². The first-order chi connectivity index (χ1) is 12.7. The molecule has 0 aromatic heterocycles. The van der Waals surface area contributed by atoms with E-state index in [1.807, 2.05) is 41.3 Å². The molecule has 2 aromatic carbocycles. The molecule has 0 spiro atoms. The molecule has 0 bridgehead atoms. The summed E-state index contributed by atoms with van der Waals surface area (Å²) in [7, 11) is 1.63. The van der Waals surface area contributed by atoms with Crippen molar-refractivity contribution in [2.75, 3.05) is 11.9 Å². The fourth-order valence-electron chi connectivity index (χ4n) is 3.19. The molecule has 2 aromatic rings. The predicted octanol–water partition coefficient (Wildman–Crippen LogP) is 4.01. The van der Waals surface area contributed by atoms with Gasteiger partial charge in [0.15, 0.2) is 0 Å². The van der Waals surface area contributed by atoms with Crippen LogP contribution in [-0.2, 0) is 16.1 Å². The van der Waals surface area contributed by atoms with Crippen LogP contribution in [0, 0.1) is 0 Å². The number of carbonyl (C=O) groups is 2. The van der Waals surface area contributed by atoms with E-state index in [1.165, 1.54) is 0 Å². The summed E-state index contributed by atoms with van der Waals surface area (Å²) in [5.74, 6) is 0.118. The van der Waals surface area contributed by atoms with Crippen LogP contribution in [0.15, 0.2) is 48.5 Å². The number of anilines is 1. The van der Waals surface area contributed by atoms with Crippen molar-refractivity contribution in [1.29, 1.82) is 0 Å². The number of nitrogens with one attached hydrogen (secondary N) is 1. The van der Waals surface area contributed by atoms with E-state index in [4.69, 9.17) is 0 Å². The lowest BCUT2D eigenvalue weighted by atomic mass is 10.0. The topological polar surface area (TPSA) is 49.4 Å². The van der Waals surface area contributed by atoms with Crippen molar-refractivity contribution in [3.8, 4) is 0 Å². The molecule has 4 heteroatoms. The normalized spacial score (nSPS) is 13.8. The van der Waals surface area contributed by atoms with Crippen molar-refractivity contribution in [3.63, 3.8) is 0 Å². The summed E-state index contributed by atoms with van der Waals surface area (Å²) in [4.78, 5) is 26.2. The summed E-state index contributed by atoms with van der Waals surface area (Å²) >= 11 is 0. The van der Waals surface area contributed by atoms with E-state index in [2.05, 4.69) is 29.6 Å². The number of para-hydroxylation sites is 1. The van der Waals surface area contributed by atoms with Crippen LogP contribution in [0.4, 0.5) is 5.69 Å². The Hall–Kier alpha value is -2.88. The molecule has 1 heterocycles. The minimum atomic E-state index is 0.0214. The third-order valence-corrected chi connectivity index (χ3v) is 4.68. The molecule has 4 nitrogen and oxygen atoms in total. The van der Waals surface area contributed by atoms with Gasteiger partial charge in [-0.2, -0.15) is 0 Å². The zero-order valence-corrected chi connectivity index (χ0v) is 15.1. The lowest BCUT2D eigenvalue weighted by Crippen LogP contribution is -2.31. The highest BCUT2D eigenvalue weighted by Gasteiger charge is 2.20. The number of benzene rings is 2. The molecule has 0 fully saturated rings. The smallest absolute Gasteiger partial charge is 0.227 e. The zero-order valence-electron chi connectivity index (χ0n) is 15.1. The molecule has 3 rings (SSSR count). The average Bonchev–Trinajstić information content (AvgIpc) is 2.66. The number of amides is 2. The fraction of sp³-hybridized carbons (Fsp3) is 0.273. The Kier molecular flexibility index (Phi) is 5.84. The average molecular weight is 348 g/mol. The van der Waals surface area contributed by atoms with Gasteiger partial charge in [-0.25, -0.2) is 0 Å². The van der Waals surface area contributed by atoms with Crippen LogP contribution < -0.4 is 10.2 Å². The number of nitrogens with zero attached hydrogens (tertiary/aromatic N) is 1. The van der Waals surface area contributed by atoms with Crippen molar-refractivity contribution >= 4 is 29.7 Å². The van der Waals surface area contributed by atoms with Crippen LogP contribution in [0.2, 0.25) is 0 Å². The van der Waals surface area contributed by atoms with Gasteiger partial charge < -0.3 is 10.2 Å². The van der Waals surface area contributed by atoms with Gasteiger partial charge in [-0.15, -0.1) is 0 Å². The van der Waals surface area contributed by atoms with Crippen molar-refractivity contribution < 1.29 is 9.59 Å². The van der Waals surface area contributed by atoms with Crippen LogP contribution >= 0.6 is 0 Å². The monoisotopic (exact) mass is 348 g/mol. The van der Waals surface area contributed by atoms with Gasteiger partial charge in [0.1, 0.15) is 0 Å². The highest BCUT2D eigenvalue weighted by molar-refractivity contribution is 5.97. The number of rotatable bonds is 5. The number of carbonyl (C=O) groups excluding carboxylic acids is 2. The minimum absolute atomic E-state index is 0.0214. The van der Waals surface area contributed by atoms with Crippen LogP contribution in [-0.4, -0.2) is 18.9 Å². The van der Waals surface area contributed by atoms with E-state index >= 15 is 0 Å². The Labute approximate surface area is 154 Å². The van der Waals surface area contributed by atoms with Gasteiger partial charge in [0.2, 0.25) is 11.8 Å². The summed E-state index contributed by atoms with van der Waals surface area (Å²) < 4.78 is 0. The van der Waals surface area contributed by atoms with Gasteiger partial charge in [0.05, 0.1) is 12.2 Å². The third-order valence-electron chi connectivity index (χ3n) is 4.68. The van der Waals surface area contributed by atoms with Crippen molar-refractivity contribution in [1.82, 2.24) is 5.32 Å². The molecular formula is C22H24N2O2. The molecular weight excluding hydrogens is 324 g/mol. The molecule has 1 aliphatic rings. The summed E-state index contributed by atoms with van der Waals surface area (Å²) in [6.45, 7) is 0.561. The first-order valence-corrected chi connectivity index (χ1v) is 9.05. The van der Waals surface area contributed by atoms with Gasteiger partial charge >= 0.3 is 0 Å². The SMILES string of the molecule is CNC(=O)CCCCC(=O)N1Cc2ccccc2/C=C\c2ccccc21. The van der Waals surface area contributed by atoms with Gasteiger partial charge in [-0.05, 0) is 35.6 Å². The molecule has 0 atom stereocenters. The van der Waals surface area contributed by atoms with E-state index < -0.39 is 0 Å². The van der Waals surface area contributed by atoms with Crippen molar-refractivity contribution in [2.24, 2.45) is 0 Å². The maximum absolute atomic E-state index is 13.0. The zero-order chi connectivity index (χ0) is 18.4. The Morgan fingerprint density at radius 3 is 2.38 bits per heavy atom. The second-order valence-electron chi connectivity index (χ2n) is 6.45. The van der Waals surface area contributed by atoms with Gasteiger partial charge in [0.25, 0.3) is 0 Å². The van der Waals surface area contributed by atoms with Gasteiger partial charge in [0, 0.05) is 19.9 Å². The van der Waals surface area contributed by atoms with Crippen LogP contribution in [0.1, 0.15) is 42.4 Å². The highest BCUT2D eigenvalue weighted by atomic mass is 16.2. The number of hydrogen-bond donors (Lipinski definition) is 1. The quantitative estimate of drug-likeness (QED) is 0.830. The first kappa shape index (κ1) is 17.9. The van der Waals surface area contributed by atoms with Crippen molar-refractivity contribution in [3.05, 3.63) is 65.2 Å². The molecule has 2 amide bonds. The van der Waals surface area contributed by atoms with Crippen molar-refractivity contribution in [2.45, 2.75) is 32.2 Å². The number of fused-ring (bicyclic) bond motifs is 2. The van der Waals surface area contributed by atoms with Gasteiger partial charge in [-0.1, -0.05) is 54.6 Å². The molecule has 134 valence electrons. The molecule has 0 saturated carbocycles. The second kappa shape index (κ2) is 8.48. The lowest BCUT2D eigenvalue weighted by Gasteiger charge is -2.27. The highest BCUT2D eigenvalue weighted by Crippen LogP contribution is 2.29. The Balaban J connectivity index is 1.80. The summed E-state index contributed by atoms with van der Waals surface area (Å²) in [6, 6.07) is 16.1. The van der Waals surface area contributed by atoms with E-state index in [9.17, 15) is 9.59 Å². The predicted molar refractivity (Wildman–Crippen MR) is 106 cm³/mol. The molecule has 0 saturated heterocycles. The summed E-state index contributed by atoms with van der Waals surface area (Å²) in [5.41, 5.74) is 4.26. The molecule has 0 aliphatic carbocycles. The minimum Gasteiger partial charge on any atom is -0.359 e. The van der Waals surface area contributed by atoms with Crippen LogP contribution in [0.5, 0.6) is 0 Å². The van der Waals surface area contributed by atoms with E-state index in [1.54, 1.807) is 7.05 Å². The van der Waals surface area contributed by atoms with E-state index in [0.717, 1.165) is 28.8 Å². The Morgan fingerprint density at radius 2 is 1.58 bits per heavy atom. The number of unbranched alkanes of at least 4 members (excludes halogenated alkanes) is 1. The fourth-order valence-corrected chi connectivity index (χ4v) is 3.19. The maximum Gasteiger partial charge on any atom is 0.227 e. The number of hydrogen-bond acceptors (Lipinski definition) is 2. The largest absolute Gasteiger partial charge is 0.359 e. The van der Waals surface area contributed by atoms with E-state index in [-0.39, 0.29) is 11.8 Å². The molecule has 26 heavy (non-hydrogen) atoms. The standard InChI is InChI=1S/C22H24N2O2/c1-23-21(25)12-6-7-13-22(26)24-16-19-10-3-2-8-17(19)14-15-18-9-4-5-11-20(18)24/h2-5,8-11,14-15H,6-7,12-13,16H2,1H3,(H,23,25)/b15-14-. The molecule has 1 N–H and O–H groups in total. The molecule has 1 aliphatic heterocycles.